The summed E-state index contributed by atoms with van der Waals surface area (Å²) in [6.07, 6.45) is 0. The molecule has 0 atom stereocenters. The van der Waals surface area contributed by atoms with E-state index >= 15 is 0 Å². The minimum atomic E-state index is -1.05. The van der Waals surface area contributed by atoms with Crippen LogP contribution in [0.4, 0.5) is 0 Å². The van der Waals surface area contributed by atoms with Crippen LogP contribution < -0.4 is 5.56 Å². The number of hydrogen-bond donors (Lipinski definition) is 2. The first-order chi connectivity index (χ1) is 9.02. The Labute approximate surface area is 108 Å². The number of aromatic amines is 1. The molecule has 19 heavy (non-hydrogen) atoms. The van der Waals surface area contributed by atoms with Gasteiger partial charge in [-0.05, 0) is 30.7 Å². The number of aromatic carboxylic acids is 1. The Morgan fingerprint density at radius 2 is 2.11 bits per heavy atom. The van der Waals surface area contributed by atoms with E-state index in [0.717, 1.165) is 0 Å². The van der Waals surface area contributed by atoms with Crippen molar-refractivity contribution in [2.75, 3.05) is 0 Å². The van der Waals surface area contributed by atoms with Crippen molar-refractivity contribution in [3.05, 3.63) is 57.5 Å². The van der Waals surface area contributed by atoms with E-state index in [1.165, 1.54) is 12.1 Å². The van der Waals surface area contributed by atoms with Crippen molar-refractivity contribution in [3.8, 4) is 17.2 Å². The highest BCUT2D eigenvalue weighted by Crippen LogP contribution is 2.22. The zero-order valence-electron chi connectivity index (χ0n) is 10.1. The number of benzene rings is 1. The first-order valence-corrected chi connectivity index (χ1v) is 5.50. The second-order valence-electron chi connectivity index (χ2n) is 4.07. The summed E-state index contributed by atoms with van der Waals surface area (Å²) in [6.45, 7) is 1.70. The summed E-state index contributed by atoms with van der Waals surface area (Å²) in [4.78, 5) is 25.2. The van der Waals surface area contributed by atoms with Crippen LogP contribution in [0.15, 0.2) is 35.1 Å². The molecule has 1 aromatic heterocycles. The third-order valence-electron chi connectivity index (χ3n) is 2.70. The quantitative estimate of drug-likeness (QED) is 0.856. The third kappa shape index (κ3) is 2.38. The smallest absolute Gasteiger partial charge is 0.335 e. The highest BCUT2D eigenvalue weighted by atomic mass is 16.4. The lowest BCUT2D eigenvalue weighted by Crippen LogP contribution is -2.12. The largest absolute Gasteiger partial charge is 0.478 e. The molecule has 2 rings (SSSR count). The number of nitrogens with one attached hydrogen (secondary N) is 1. The summed E-state index contributed by atoms with van der Waals surface area (Å²) < 4.78 is 0. The molecule has 2 N–H and O–H groups in total. The number of H-pyrrole nitrogens is 1. The molecule has 0 saturated heterocycles. The molecule has 0 radical (unpaired) electrons. The molecule has 0 bridgehead atoms. The van der Waals surface area contributed by atoms with E-state index in [2.05, 4.69) is 4.98 Å². The predicted molar refractivity (Wildman–Crippen MR) is 68.9 cm³/mol. The molecule has 1 aromatic carbocycles. The maximum Gasteiger partial charge on any atom is 0.335 e. The second kappa shape index (κ2) is 4.78. The summed E-state index contributed by atoms with van der Waals surface area (Å²) in [6, 6.07) is 9.65. The Hall–Kier alpha value is -2.87. The van der Waals surface area contributed by atoms with Crippen LogP contribution in [0.5, 0.6) is 0 Å². The number of hydrogen-bond acceptors (Lipinski definition) is 3. The molecule has 94 valence electrons. The zero-order valence-corrected chi connectivity index (χ0v) is 10.1. The SMILES string of the molecule is Cc1cc(-c2cccc(C(=O)O)c2)c(C#N)c(=O)[nH]1. The monoisotopic (exact) mass is 254 g/mol. The maximum atomic E-state index is 11.7. The van der Waals surface area contributed by atoms with Crippen molar-refractivity contribution in [2.45, 2.75) is 6.92 Å². The Kier molecular flexibility index (Phi) is 3.17. The molecule has 0 fully saturated rings. The Balaban J connectivity index is 2.72. The fourth-order valence-corrected chi connectivity index (χ4v) is 1.85. The molecule has 5 nitrogen and oxygen atoms in total. The lowest BCUT2D eigenvalue weighted by atomic mass is 9.99. The minimum absolute atomic E-state index is 0.0202. The number of rotatable bonds is 2. The Morgan fingerprint density at radius 1 is 1.37 bits per heavy atom. The van der Waals surface area contributed by atoms with E-state index < -0.39 is 11.5 Å². The van der Waals surface area contributed by atoms with E-state index in [1.807, 2.05) is 6.07 Å². The van der Waals surface area contributed by atoms with Crippen LogP contribution in [-0.2, 0) is 0 Å². The van der Waals surface area contributed by atoms with E-state index in [0.29, 0.717) is 16.8 Å². The summed E-state index contributed by atoms with van der Waals surface area (Å²) in [5, 5.41) is 18.0. The number of carboxylic acid groups (broad SMARTS) is 1. The van der Waals surface area contributed by atoms with Gasteiger partial charge >= 0.3 is 5.97 Å². The van der Waals surface area contributed by atoms with E-state index in [1.54, 1.807) is 25.1 Å². The summed E-state index contributed by atoms with van der Waals surface area (Å²) in [5.41, 5.74) is 1.20. The third-order valence-corrected chi connectivity index (χ3v) is 2.70. The first kappa shape index (κ1) is 12.6. The zero-order chi connectivity index (χ0) is 14.0. The average molecular weight is 254 g/mol. The molecule has 0 aliphatic carbocycles. The summed E-state index contributed by atoms with van der Waals surface area (Å²) in [5.74, 6) is -1.05. The standard InChI is InChI=1S/C14H10N2O3/c1-8-5-11(12(7-15)13(17)16-8)9-3-2-4-10(6-9)14(18)19/h2-6H,1H3,(H,16,17)(H,18,19). The van der Waals surface area contributed by atoms with Gasteiger partial charge < -0.3 is 10.1 Å². The Bertz CT molecular complexity index is 754. The van der Waals surface area contributed by atoms with Crippen LogP contribution >= 0.6 is 0 Å². The van der Waals surface area contributed by atoms with Gasteiger partial charge in [-0.2, -0.15) is 5.26 Å². The van der Waals surface area contributed by atoms with Gasteiger partial charge in [0.25, 0.3) is 5.56 Å². The van der Waals surface area contributed by atoms with Crippen molar-refractivity contribution in [1.82, 2.24) is 4.98 Å². The van der Waals surface area contributed by atoms with Crippen molar-refractivity contribution >= 4 is 5.97 Å². The number of carboxylic acids is 1. The van der Waals surface area contributed by atoms with Crippen LogP contribution in [0.25, 0.3) is 11.1 Å². The fourth-order valence-electron chi connectivity index (χ4n) is 1.85. The molecule has 0 spiro atoms. The van der Waals surface area contributed by atoms with Crippen LogP contribution in [0.1, 0.15) is 21.6 Å². The molecule has 0 amide bonds. The van der Waals surface area contributed by atoms with Gasteiger partial charge in [-0.1, -0.05) is 12.1 Å². The Morgan fingerprint density at radius 3 is 2.74 bits per heavy atom. The number of aromatic nitrogens is 1. The van der Waals surface area contributed by atoms with Gasteiger partial charge in [0, 0.05) is 11.3 Å². The minimum Gasteiger partial charge on any atom is -0.478 e. The van der Waals surface area contributed by atoms with Crippen molar-refractivity contribution in [2.24, 2.45) is 0 Å². The topological polar surface area (TPSA) is 93.9 Å². The fraction of sp³-hybridized carbons (Fsp3) is 0.0714. The average Bonchev–Trinajstić information content (AvgIpc) is 2.38. The maximum absolute atomic E-state index is 11.7. The predicted octanol–water partition coefficient (Wildman–Crippen LogP) is 1.92. The molecule has 2 aromatic rings. The number of pyridine rings is 1. The summed E-state index contributed by atoms with van der Waals surface area (Å²) in [7, 11) is 0. The lowest BCUT2D eigenvalue weighted by molar-refractivity contribution is 0.0697. The number of carbonyl (C=O) groups is 1. The van der Waals surface area contributed by atoms with E-state index in [9.17, 15) is 9.59 Å². The molecule has 0 aliphatic heterocycles. The molecule has 1 heterocycles. The van der Waals surface area contributed by atoms with Crippen molar-refractivity contribution < 1.29 is 9.90 Å². The van der Waals surface area contributed by atoms with Gasteiger partial charge in [0.05, 0.1) is 5.56 Å². The lowest BCUT2D eigenvalue weighted by Gasteiger charge is -2.06. The van der Waals surface area contributed by atoms with E-state index in [4.69, 9.17) is 10.4 Å². The highest BCUT2D eigenvalue weighted by Gasteiger charge is 2.12. The van der Waals surface area contributed by atoms with Crippen molar-refractivity contribution in [1.29, 1.82) is 5.26 Å². The molecule has 0 unspecified atom stereocenters. The first-order valence-electron chi connectivity index (χ1n) is 5.50. The van der Waals surface area contributed by atoms with Gasteiger partial charge in [0.15, 0.2) is 0 Å². The van der Waals surface area contributed by atoms with Crippen LogP contribution in [0, 0.1) is 18.3 Å². The normalized spacial score (nSPS) is 9.89. The number of aryl methyl sites for hydroxylation is 1. The van der Waals surface area contributed by atoms with Crippen LogP contribution in [0.3, 0.4) is 0 Å². The molecule has 5 heteroatoms. The van der Waals surface area contributed by atoms with Gasteiger partial charge in [0.2, 0.25) is 0 Å². The van der Waals surface area contributed by atoms with Gasteiger partial charge in [-0.15, -0.1) is 0 Å². The van der Waals surface area contributed by atoms with Gasteiger partial charge in [-0.3, -0.25) is 4.79 Å². The second-order valence-corrected chi connectivity index (χ2v) is 4.07. The highest BCUT2D eigenvalue weighted by molar-refractivity contribution is 5.89. The molecule has 0 saturated carbocycles. The van der Waals surface area contributed by atoms with Crippen LogP contribution in [-0.4, -0.2) is 16.1 Å². The van der Waals surface area contributed by atoms with Gasteiger partial charge in [-0.25, -0.2) is 4.79 Å². The number of nitrogens with zero attached hydrogens (tertiary/aromatic N) is 1. The molecule has 0 aliphatic rings. The van der Waals surface area contributed by atoms with E-state index in [-0.39, 0.29) is 11.1 Å². The van der Waals surface area contributed by atoms with Crippen LogP contribution in [0.2, 0.25) is 0 Å². The van der Waals surface area contributed by atoms with Crippen molar-refractivity contribution in [3.63, 3.8) is 0 Å². The van der Waals surface area contributed by atoms with Gasteiger partial charge in [0.1, 0.15) is 11.6 Å². The molecular weight excluding hydrogens is 244 g/mol. The number of nitriles is 1. The summed E-state index contributed by atoms with van der Waals surface area (Å²) >= 11 is 0. The molecular formula is C14H10N2O3.